The minimum Gasteiger partial charge on any atom is -0.494 e. The molecule has 2 atom stereocenters. The zero-order valence-corrected chi connectivity index (χ0v) is 13.9. The third-order valence-electron chi connectivity index (χ3n) is 4.09. The zero-order chi connectivity index (χ0) is 17.5. The SMILES string of the molecule is OC1C=CC=CC1(O)CCCOc1ccc(Oc2ccccc2)cc1. The van der Waals surface area contributed by atoms with E-state index in [0.717, 1.165) is 17.2 Å². The molecule has 0 saturated carbocycles. The molecule has 0 bridgehead atoms. The summed E-state index contributed by atoms with van der Waals surface area (Å²) in [4.78, 5) is 0. The van der Waals surface area contributed by atoms with Gasteiger partial charge in [0.15, 0.2) is 0 Å². The van der Waals surface area contributed by atoms with Gasteiger partial charge in [-0.1, -0.05) is 42.5 Å². The van der Waals surface area contributed by atoms with Gasteiger partial charge in [-0.3, -0.25) is 0 Å². The number of ether oxygens (including phenoxy) is 2. The molecule has 2 unspecified atom stereocenters. The molecule has 2 aromatic carbocycles. The number of hydrogen-bond acceptors (Lipinski definition) is 4. The van der Waals surface area contributed by atoms with E-state index < -0.39 is 11.7 Å². The Hall–Kier alpha value is -2.56. The highest BCUT2D eigenvalue weighted by Crippen LogP contribution is 2.25. The summed E-state index contributed by atoms with van der Waals surface area (Å²) < 4.78 is 11.4. The number of allylic oxidation sites excluding steroid dienone is 2. The lowest BCUT2D eigenvalue weighted by atomic mass is 9.88. The number of rotatable bonds is 7. The summed E-state index contributed by atoms with van der Waals surface area (Å²) in [5, 5.41) is 20.2. The van der Waals surface area contributed by atoms with E-state index >= 15 is 0 Å². The van der Waals surface area contributed by atoms with E-state index in [1.54, 1.807) is 24.3 Å². The first-order chi connectivity index (χ1) is 12.2. The van der Waals surface area contributed by atoms with Crippen LogP contribution in [0.4, 0.5) is 0 Å². The van der Waals surface area contributed by atoms with Gasteiger partial charge in [0, 0.05) is 0 Å². The maximum absolute atomic E-state index is 10.4. The van der Waals surface area contributed by atoms with Crippen molar-refractivity contribution >= 4 is 0 Å². The fourth-order valence-electron chi connectivity index (χ4n) is 2.66. The van der Waals surface area contributed by atoms with Crippen LogP contribution in [0.15, 0.2) is 78.9 Å². The summed E-state index contributed by atoms with van der Waals surface area (Å²) in [6.07, 6.45) is 6.90. The van der Waals surface area contributed by atoms with Gasteiger partial charge < -0.3 is 19.7 Å². The topological polar surface area (TPSA) is 58.9 Å². The molecular formula is C21H22O4. The van der Waals surface area contributed by atoms with Crippen molar-refractivity contribution in [3.63, 3.8) is 0 Å². The zero-order valence-electron chi connectivity index (χ0n) is 13.9. The second-order valence-electron chi connectivity index (χ2n) is 6.02. The summed E-state index contributed by atoms with van der Waals surface area (Å²) in [5.74, 6) is 2.28. The van der Waals surface area contributed by atoms with Crippen LogP contribution in [0.5, 0.6) is 17.2 Å². The fraction of sp³-hybridized carbons (Fsp3) is 0.238. The van der Waals surface area contributed by atoms with Crippen LogP contribution in [0.1, 0.15) is 12.8 Å². The fourth-order valence-corrected chi connectivity index (χ4v) is 2.66. The Morgan fingerprint density at radius 1 is 0.880 bits per heavy atom. The van der Waals surface area contributed by atoms with E-state index in [-0.39, 0.29) is 0 Å². The summed E-state index contributed by atoms with van der Waals surface area (Å²) in [5.41, 5.74) is -1.20. The van der Waals surface area contributed by atoms with Crippen LogP contribution >= 0.6 is 0 Å². The van der Waals surface area contributed by atoms with Crippen molar-refractivity contribution in [2.75, 3.05) is 6.61 Å². The average Bonchev–Trinajstić information content (AvgIpc) is 2.64. The van der Waals surface area contributed by atoms with Crippen LogP contribution in [-0.2, 0) is 0 Å². The number of benzene rings is 2. The molecule has 0 amide bonds. The molecule has 0 aliphatic heterocycles. The Morgan fingerprint density at radius 3 is 2.28 bits per heavy atom. The van der Waals surface area contributed by atoms with Gasteiger partial charge >= 0.3 is 0 Å². The molecule has 25 heavy (non-hydrogen) atoms. The molecule has 2 N–H and O–H groups in total. The van der Waals surface area contributed by atoms with Crippen LogP contribution < -0.4 is 9.47 Å². The number of para-hydroxylation sites is 1. The lowest BCUT2D eigenvalue weighted by Crippen LogP contribution is -2.40. The lowest BCUT2D eigenvalue weighted by molar-refractivity contribution is -0.0243. The summed E-state index contributed by atoms with van der Waals surface area (Å²) >= 11 is 0. The Bertz CT molecular complexity index is 721. The van der Waals surface area contributed by atoms with E-state index in [9.17, 15) is 10.2 Å². The molecule has 4 heteroatoms. The first-order valence-electron chi connectivity index (χ1n) is 8.38. The monoisotopic (exact) mass is 338 g/mol. The first kappa shape index (κ1) is 17.3. The van der Waals surface area contributed by atoms with Gasteiger partial charge in [0.25, 0.3) is 0 Å². The van der Waals surface area contributed by atoms with Crippen LogP contribution in [-0.4, -0.2) is 28.5 Å². The molecule has 0 radical (unpaired) electrons. The Kier molecular flexibility index (Phi) is 5.53. The average molecular weight is 338 g/mol. The second-order valence-corrected chi connectivity index (χ2v) is 6.02. The molecule has 0 heterocycles. The third-order valence-corrected chi connectivity index (χ3v) is 4.09. The molecule has 4 nitrogen and oxygen atoms in total. The van der Waals surface area contributed by atoms with Crippen molar-refractivity contribution in [1.29, 1.82) is 0 Å². The maximum Gasteiger partial charge on any atom is 0.127 e. The maximum atomic E-state index is 10.4. The smallest absolute Gasteiger partial charge is 0.127 e. The molecule has 0 aromatic heterocycles. The highest BCUT2D eigenvalue weighted by Gasteiger charge is 2.31. The molecule has 2 aromatic rings. The van der Waals surface area contributed by atoms with Crippen LogP contribution in [0.25, 0.3) is 0 Å². The molecule has 0 saturated heterocycles. The van der Waals surface area contributed by atoms with Gasteiger partial charge in [-0.05, 0) is 49.2 Å². The van der Waals surface area contributed by atoms with Gasteiger partial charge in [0.05, 0.1) is 6.61 Å². The third kappa shape index (κ3) is 4.72. The number of hydrogen-bond donors (Lipinski definition) is 2. The van der Waals surface area contributed by atoms with Gasteiger partial charge in [-0.15, -0.1) is 0 Å². The van der Waals surface area contributed by atoms with Crippen molar-refractivity contribution in [2.45, 2.75) is 24.5 Å². The lowest BCUT2D eigenvalue weighted by Gasteiger charge is -2.30. The van der Waals surface area contributed by atoms with Gasteiger partial charge in [0.1, 0.15) is 29.0 Å². The minimum absolute atomic E-state index is 0.435. The number of aliphatic hydroxyl groups excluding tert-OH is 1. The predicted octanol–water partition coefficient (Wildman–Crippen LogP) is 3.86. The van der Waals surface area contributed by atoms with Crippen molar-refractivity contribution in [3.8, 4) is 17.2 Å². The molecule has 0 fully saturated rings. The Morgan fingerprint density at radius 2 is 1.56 bits per heavy atom. The van der Waals surface area contributed by atoms with E-state index in [1.165, 1.54) is 0 Å². The number of aliphatic hydroxyl groups is 2. The second kappa shape index (κ2) is 8.01. The molecule has 1 aliphatic rings. The van der Waals surface area contributed by atoms with Crippen molar-refractivity contribution in [2.24, 2.45) is 0 Å². The van der Waals surface area contributed by atoms with Gasteiger partial charge in [-0.2, -0.15) is 0 Å². The summed E-state index contributed by atoms with van der Waals surface area (Å²) in [7, 11) is 0. The van der Waals surface area contributed by atoms with Gasteiger partial charge in [-0.25, -0.2) is 0 Å². The van der Waals surface area contributed by atoms with Crippen LogP contribution in [0.2, 0.25) is 0 Å². The van der Waals surface area contributed by atoms with Crippen LogP contribution in [0, 0.1) is 0 Å². The van der Waals surface area contributed by atoms with Crippen LogP contribution in [0.3, 0.4) is 0 Å². The molecule has 130 valence electrons. The minimum atomic E-state index is -1.20. The quantitative estimate of drug-likeness (QED) is 0.753. The predicted molar refractivity (Wildman–Crippen MR) is 96.9 cm³/mol. The normalized spacial score (nSPS) is 21.9. The molecule has 3 rings (SSSR count). The van der Waals surface area contributed by atoms with Gasteiger partial charge in [0.2, 0.25) is 0 Å². The van der Waals surface area contributed by atoms with E-state index in [4.69, 9.17) is 9.47 Å². The summed E-state index contributed by atoms with van der Waals surface area (Å²) in [6.45, 7) is 0.464. The molecule has 0 spiro atoms. The standard InChI is InChI=1S/C21H22O4/c22-20-9-4-5-14-21(20,23)15-6-16-24-17-10-12-19(13-11-17)25-18-7-2-1-3-8-18/h1-5,7-14,20,22-23H,6,15-16H2. The molecule has 1 aliphatic carbocycles. The van der Waals surface area contributed by atoms with E-state index in [0.29, 0.717) is 19.4 Å². The Labute approximate surface area is 147 Å². The van der Waals surface area contributed by atoms with Crippen molar-refractivity contribution < 1.29 is 19.7 Å². The summed E-state index contributed by atoms with van der Waals surface area (Å²) in [6, 6.07) is 17.0. The van der Waals surface area contributed by atoms with Crippen molar-refractivity contribution in [3.05, 3.63) is 78.9 Å². The van der Waals surface area contributed by atoms with E-state index in [1.807, 2.05) is 54.6 Å². The highest BCUT2D eigenvalue weighted by molar-refractivity contribution is 5.35. The van der Waals surface area contributed by atoms with Crippen molar-refractivity contribution in [1.82, 2.24) is 0 Å². The largest absolute Gasteiger partial charge is 0.494 e. The van der Waals surface area contributed by atoms with E-state index in [2.05, 4.69) is 0 Å². The first-order valence-corrected chi connectivity index (χ1v) is 8.38. The highest BCUT2D eigenvalue weighted by atomic mass is 16.5. The molecular weight excluding hydrogens is 316 g/mol. The Balaban J connectivity index is 1.44.